The number of carbonyl (C=O) groups is 1. The Labute approximate surface area is 160 Å². The summed E-state index contributed by atoms with van der Waals surface area (Å²) in [5.41, 5.74) is 3.16. The molecule has 2 aromatic rings. The number of benzene rings is 2. The third-order valence-electron chi connectivity index (χ3n) is 4.50. The maximum Gasteiger partial charge on any atom is 0.246 e. The lowest BCUT2D eigenvalue weighted by Gasteiger charge is -2.22. The SMILES string of the molecule is CCN(Cc1ccc2c(c1)OCCO2)C(=O)C=Cc1ccc(N(C)C)cc1. The number of hydrogen-bond donors (Lipinski definition) is 0. The molecule has 142 valence electrons. The first kappa shape index (κ1) is 18.8. The fourth-order valence-corrected chi connectivity index (χ4v) is 2.91. The molecule has 0 atom stereocenters. The summed E-state index contributed by atoms with van der Waals surface area (Å²) >= 11 is 0. The molecule has 3 rings (SSSR count). The summed E-state index contributed by atoms with van der Waals surface area (Å²) in [6, 6.07) is 13.9. The molecule has 1 heterocycles. The molecule has 0 saturated heterocycles. The third-order valence-corrected chi connectivity index (χ3v) is 4.50. The van der Waals surface area contributed by atoms with Crippen molar-refractivity contribution in [2.45, 2.75) is 13.5 Å². The maximum atomic E-state index is 12.6. The zero-order valence-corrected chi connectivity index (χ0v) is 16.1. The molecule has 0 aliphatic carbocycles. The first-order valence-electron chi connectivity index (χ1n) is 9.19. The van der Waals surface area contributed by atoms with Crippen LogP contribution in [0.4, 0.5) is 5.69 Å². The predicted molar refractivity (Wildman–Crippen MR) is 108 cm³/mol. The lowest BCUT2D eigenvalue weighted by atomic mass is 10.1. The van der Waals surface area contributed by atoms with E-state index in [9.17, 15) is 4.79 Å². The van der Waals surface area contributed by atoms with Crippen molar-refractivity contribution < 1.29 is 14.3 Å². The van der Waals surface area contributed by atoms with Gasteiger partial charge in [0.05, 0.1) is 0 Å². The van der Waals surface area contributed by atoms with Gasteiger partial charge < -0.3 is 19.3 Å². The van der Waals surface area contributed by atoms with E-state index in [0.717, 1.165) is 28.3 Å². The molecule has 0 fully saturated rings. The second-order valence-electron chi connectivity index (χ2n) is 6.65. The molecule has 0 bridgehead atoms. The molecule has 0 unspecified atom stereocenters. The molecular weight excluding hydrogens is 340 g/mol. The van der Waals surface area contributed by atoms with Crippen LogP contribution >= 0.6 is 0 Å². The van der Waals surface area contributed by atoms with Crippen LogP contribution in [-0.4, -0.2) is 44.7 Å². The molecule has 0 spiro atoms. The van der Waals surface area contributed by atoms with Crippen molar-refractivity contribution in [3.8, 4) is 11.5 Å². The molecule has 1 aliphatic rings. The van der Waals surface area contributed by atoms with E-state index in [1.165, 1.54) is 0 Å². The van der Waals surface area contributed by atoms with E-state index in [4.69, 9.17) is 9.47 Å². The maximum absolute atomic E-state index is 12.6. The van der Waals surface area contributed by atoms with E-state index < -0.39 is 0 Å². The summed E-state index contributed by atoms with van der Waals surface area (Å²) in [7, 11) is 4.01. The highest BCUT2D eigenvalue weighted by atomic mass is 16.6. The minimum Gasteiger partial charge on any atom is -0.486 e. The van der Waals surface area contributed by atoms with Crippen LogP contribution in [0.15, 0.2) is 48.5 Å². The van der Waals surface area contributed by atoms with Gasteiger partial charge in [-0.25, -0.2) is 0 Å². The van der Waals surface area contributed by atoms with Gasteiger partial charge in [0.15, 0.2) is 11.5 Å². The predicted octanol–water partition coefficient (Wildman–Crippen LogP) is 3.59. The molecule has 0 aromatic heterocycles. The minimum atomic E-state index is -0.0101. The number of carbonyl (C=O) groups excluding carboxylic acids is 1. The molecule has 0 N–H and O–H groups in total. The van der Waals surface area contributed by atoms with Crippen molar-refractivity contribution in [1.29, 1.82) is 0 Å². The summed E-state index contributed by atoms with van der Waals surface area (Å²) in [5, 5.41) is 0. The van der Waals surface area contributed by atoms with Crippen LogP contribution < -0.4 is 14.4 Å². The van der Waals surface area contributed by atoms with Gasteiger partial charge in [0.2, 0.25) is 5.91 Å². The second-order valence-corrected chi connectivity index (χ2v) is 6.65. The number of likely N-dealkylation sites (N-methyl/N-ethyl adjacent to an activating group) is 1. The molecular formula is C22H26N2O3. The van der Waals surface area contributed by atoms with Crippen LogP contribution in [0.2, 0.25) is 0 Å². The Morgan fingerprint density at radius 3 is 2.41 bits per heavy atom. The van der Waals surface area contributed by atoms with Gasteiger partial charge in [-0.1, -0.05) is 18.2 Å². The first-order valence-corrected chi connectivity index (χ1v) is 9.19. The van der Waals surface area contributed by atoms with E-state index >= 15 is 0 Å². The van der Waals surface area contributed by atoms with Gasteiger partial charge in [-0.05, 0) is 48.4 Å². The largest absolute Gasteiger partial charge is 0.486 e. The summed E-state index contributed by atoms with van der Waals surface area (Å²) in [4.78, 5) is 16.4. The summed E-state index contributed by atoms with van der Waals surface area (Å²) in [6.07, 6.45) is 3.49. The standard InChI is InChI=1S/C22H26N2O3/c1-4-24(16-18-7-11-20-21(15-18)27-14-13-26-20)22(25)12-8-17-5-9-19(10-6-17)23(2)3/h5-12,15H,4,13-14,16H2,1-3H3. The monoisotopic (exact) mass is 366 g/mol. The van der Waals surface area contributed by atoms with Crippen molar-refractivity contribution in [3.63, 3.8) is 0 Å². The van der Waals surface area contributed by atoms with Crippen molar-refractivity contribution in [2.75, 3.05) is 38.8 Å². The first-order chi connectivity index (χ1) is 13.1. The number of amides is 1. The third kappa shape index (κ3) is 4.82. The highest BCUT2D eigenvalue weighted by Gasteiger charge is 2.14. The van der Waals surface area contributed by atoms with Gasteiger partial charge in [-0.2, -0.15) is 0 Å². The summed E-state index contributed by atoms with van der Waals surface area (Å²) in [5.74, 6) is 1.50. The Hall–Kier alpha value is -2.95. The van der Waals surface area contributed by atoms with Crippen LogP contribution in [0, 0.1) is 0 Å². The fourth-order valence-electron chi connectivity index (χ4n) is 2.91. The Kier molecular flexibility index (Phi) is 6.01. The van der Waals surface area contributed by atoms with Crippen LogP contribution in [-0.2, 0) is 11.3 Å². The molecule has 0 saturated carbocycles. The molecule has 1 amide bonds. The van der Waals surface area contributed by atoms with Crippen molar-refractivity contribution in [2.24, 2.45) is 0 Å². The van der Waals surface area contributed by atoms with Gasteiger partial charge in [0, 0.05) is 38.9 Å². The molecule has 27 heavy (non-hydrogen) atoms. The fraction of sp³-hybridized carbons (Fsp3) is 0.318. The Balaban J connectivity index is 1.65. The van der Waals surface area contributed by atoms with E-state index in [2.05, 4.69) is 0 Å². The van der Waals surface area contributed by atoms with Crippen molar-refractivity contribution >= 4 is 17.7 Å². The molecule has 0 radical (unpaired) electrons. The van der Waals surface area contributed by atoms with Gasteiger partial charge in [-0.15, -0.1) is 0 Å². The normalized spacial score (nSPS) is 12.9. The highest BCUT2D eigenvalue weighted by Crippen LogP contribution is 2.31. The molecule has 5 heteroatoms. The second kappa shape index (κ2) is 8.62. The van der Waals surface area contributed by atoms with Crippen molar-refractivity contribution in [3.05, 3.63) is 59.7 Å². The zero-order valence-electron chi connectivity index (χ0n) is 16.1. The smallest absolute Gasteiger partial charge is 0.246 e. The van der Waals surface area contributed by atoms with E-state index in [1.54, 1.807) is 11.0 Å². The average Bonchev–Trinajstić information content (AvgIpc) is 2.70. The lowest BCUT2D eigenvalue weighted by molar-refractivity contribution is -0.126. The van der Waals surface area contributed by atoms with Crippen LogP contribution in [0.5, 0.6) is 11.5 Å². The zero-order chi connectivity index (χ0) is 19.2. The molecule has 1 aliphatic heterocycles. The van der Waals surface area contributed by atoms with Crippen LogP contribution in [0.25, 0.3) is 6.08 Å². The summed E-state index contributed by atoms with van der Waals surface area (Å²) in [6.45, 7) is 4.29. The number of anilines is 1. The minimum absolute atomic E-state index is 0.0101. The van der Waals surface area contributed by atoms with Gasteiger partial charge in [0.1, 0.15) is 13.2 Å². The Morgan fingerprint density at radius 2 is 1.74 bits per heavy atom. The number of nitrogens with zero attached hydrogens (tertiary/aromatic N) is 2. The number of hydrogen-bond acceptors (Lipinski definition) is 4. The van der Waals surface area contributed by atoms with Gasteiger partial charge in [-0.3, -0.25) is 4.79 Å². The average molecular weight is 366 g/mol. The Bertz CT molecular complexity index is 813. The van der Waals surface area contributed by atoms with Crippen LogP contribution in [0.1, 0.15) is 18.1 Å². The quantitative estimate of drug-likeness (QED) is 0.733. The number of ether oxygens (including phenoxy) is 2. The topological polar surface area (TPSA) is 42.0 Å². The van der Waals surface area contributed by atoms with Crippen LogP contribution in [0.3, 0.4) is 0 Å². The van der Waals surface area contributed by atoms with E-state index in [0.29, 0.717) is 26.3 Å². The number of fused-ring (bicyclic) bond motifs is 1. The number of rotatable bonds is 6. The van der Waals surface area contributed by atoms with Crippen molar-refractivity contribution in [1.82, 2.24) is 4.90 Å². The Morgan fingerprint density at radius 1 is 1.04 bits per heavy atom. The highest BCUT2D eigenvalue weighted by molar-refractivity contribution is 5.91. The summed E-state index contributed by atoms with van der Waals surface area (Å²) < 4.78 is 11.2. The lowest BCUT2D eigenvalue weighted by Crippen LogP contribution is -2.28. The van der Waals surface area contributed by atoms with Gasteiger partial charge >= 0.3 is 0 Å². The van der Waals surface area contributed by atoms with E-state index in [1.807, 2.05) is 74.5 Å². The van der Waals surface area contributed by atoms with E-state index in [-0.39, 0.29) is 5.91 Å². The molecule has 5 nitrogen and oxygen atoms in total. The molecule has 2 aromatic carbocycles. The van der Waals surface area contributed by atoms with Gasteiger partial charge in [0.25, 0.3) is 0 Å².